The second-order valence-corrected chi connectivity index (χ2v) is 14.8. The lowest BCUT2D eigenvalue weighted by Crippen LogP contribution is -2.28. The third-order valence-corrected chi connectivity index (χ3v) is 11.3. The summed E-state index contributed by atoms with van der Waals surface area (Å²) in [6, 6.07) is 18.7. The molecule has 2 unspecified atom stereocenters. The number of thiophene rings is 2. The zero-order chi connectivity index (χ0) is 32.9. The molecule has 0 aliphatic carbocycles. The monoisotopic (exact) mass is 706 g/mol. The van der Waals surface area contributed by atoms with Gasteiger partial charge in [0.1, 0.15) is 11.1 Å². The summed E-state index contributed by atoms with van der Waals surface area (Å²) in [4.78, 5) is 64.5. The lowest BCUT2D eigenvalue weighted by atomic mass is 10.0. The molecule has 0 aliphatic rings. The first kappa shape index (κ1) is 32.5. The minimum Gasteiger partial charge on any atom is -0.453 e. The van der Waals surface area contributed by atoms with E-state index in [4.69, 9.17) is 0 Å². The van der Waals surface area contributed by atoms with E-state index in [9.17, 15) is 19.2 Å². The van der Waals surface area contributed by atoms with Crippen molar-refractivity contribution < 1.29 is 28.7 Å². The smallest absolute Gasteiger partial charge is 0.407 e. The molecular formula is C31H28N6O6P2S2. The lowest BCUT2D eigenvalue weighted by Gasteiger charge is -2.04. The highest BCUT2D eigenvalue weighted by atomic mass is 32.1. The van der Waals surface area contributed by atoms with Gasteiger partial charge in [-0.15, -0.1) is 22.7 Å². The van der Waals surface area contributed by atoms with Crippen molar-refractivity contribution in [2.45, 2.75) is 6.42 Å². The van der Waals surface area contributed by atoms with Crippen molar-refractivity contribution in [1.29, 1.82) is 0 Å². The quantitative estimate of drug-likeness (QED) is 0.124. The highest BCUT2D eigenvalue weighted by Gasteiger charge is 2.15. The molecule has 240 valence electrons. The van der Waals surface area contributed by atoms with Crippen LogP contribution in [0.4, 0.5) is 9.59 Å². The number of hydrogen-bond donors (Lipinski definition) is 4. The van der Waals surface area contributed by atoms with Crippen molar-refractivity contribution in [1.82, 2.24) is 30.6 Å². The number of hydrogen-bond acceptors (Lipinski definition) is 10. The largest absolute Gasteiger partial charge is 0.453 e. The van der Waals surface area contributed by atoms with E-state index in [-0.39, 0.29) is 47.7 Å². The Morgan fingerprint density at radius 3 is 2.19 bits per heavy atom. The molecule has 6 rings (SSSR count). The van der Waals surface area contributed by atoms with Crippen LogP contribution in [0, 0.1) is 0 Å². The molecule has 12 nitrogen and oxygen atoms in total. The molecule has 4 N–H and O–H groups in total. The molecule has 0 spiro atoms. The van der Waals surface area contributed by atoms with Crippen LogP contribution < -0.4 is 21.8 Å². The summed E-state index contributed by atoms with van der Waals surface area (Å²) in [6.45, 7) is 0.115. The Balaban J connectivity index is 1.08. The number of carbonyl (C=O) groups is 4. The van der Waals surface area contributed by atoms with E-state index < -0.39 is 12.2 Å². The minimum atomic E-state index is -0.645. The zero-order valence-corrected chi connectivity index (χ0v) is 28.7. The van der Waals surface area contributed by atoms with Crippen molar-refractivity contribution in [2.75, 3.05) is 27.3 Å². The number of aromatic amines is 2. The summed E-state index contributed by atoms with van der Waals surface area (Å²) in [5.74, 6) is 0. The van der Waals surface area contributed by atoms with E-state index in [1.807, 2.05) is 18.2 Å². The number of aromatic nitrogens is 4. The van der Waals surface area contributed by atoms with E-state index in [0.29, 0.717) is 11.1 Å². The van der Waals surface area contributed by atoms with Gasteiger partial charge in [-0.3, -0.25) is 9.59 Å². The van der Waals surface area contributed by atoms with Gasteiger partial charge in [-0.2, -0.15) is 0 Å². The number of nitrogens with one attached hydrogen (secondary N) is 4. The van der Waals surface area contributed by atoms with Crippen LogP contribution in [0.1, 0.15) is 6.42 Å². The Morgan fingerprint density at radius 1 is 0.766 bits per heavy atom. The number of carbonyl (C=O) groups excluding carboxylic acids is 4. The topological polar surface area (TPSA) is 168 Å². The molecule has 0 bridgehead atoms. The standard InChI is InChI=1S/C31H28N6O6P2S2/c1-42-30(40)32-10-9-26(38)44-28-33-14-21(37-28)23-13-25-24(47-23)12-22(46-25)17-5-3-16(4-6-17)18-7-8-19-20(11-18)36-29(35-19)45-27(39)15-34-31(41)43-2/h3-8,11-14,44-45H,9-10,15H2,1-2H3,(H,32,40)(H,33,37)(H,34,41)(H,35,36). The molecule has 0 saturated heterocycles. The first-order chi connectivity index (χ1) is 22.8. The summed E-state index contributed by atoms with van der Waals surface area (Å²) in [6.07, 6.45) is 0.767. The van der Waals surface area contributed by atoms with Crippen LogP contribution in [-0.4, -0.2) is 70.5 Å². The summed E-state index contributed by atoms with van der Waals surface area (Å²) < 4.78 is 11.4. The van der Waals surface area contributed by atoms with Gasteiger partial charge >= 0.3 is 12.2 Å². The van der Waals surface area contributed by atoms with Gasteiger partial charge in [0.25, 0.3) is 0 Å². The number of methoxy groups -OCH3 is 2. The Labute approximate surface area is 279 Å². The van der Waals surface area contributed by atoms with Crippen molar-refractivity contribution in [2.24, 2.45) is 0 Å². The molecule has 6 aromatic rings. The maximum absolute atomic E-state index is 12.3. The van der Waals surface area contributed by atoms with Gasteiger partial charge in [-0.1, -0.05) is 30.3 Å². The SMILES string of the molecule is COC(=O)NCCC(=O)Pc1ncc(-c2cc3sc(-c4ccc(-c5ccc6nc(PC(=O)CNC(=O)OC)[nH]c6c5)cc4)cc3s2)[nH]1. The van der Waals surface area contributed by atoms with Crippen LogP contribution in [0.2, 0.25) is 0 Å². The van der Waals surface area contributed by atoms with Crippen molar-refractivity contribution in [3.8, 4) is 32.1 Å². The number of rotatable bonds is 12. The minimum absolute atomic E-state index is 0.00224. The zero-order valence-electron chi connectivity index (χ0n) is 25.1. The average molecular weight is 707 g/mol. The fraction of sp³-hybridized carbons (Fsp3) is 0.161. The van der Waals surface area contributed by atoms with Gasteiger partial charge in [0.05, 0.1) is 48.6 Å². The molecule has 0 fully saturated rings. The predicted octanol–water partition coefficient (Wildman–Crippen LogP) is 5.33. The second-order valence-electron chi connectivity index (χ2n) is 10.1. The number of ether oxygens (including phenoxy) is 2. The Bertz CT molecular complexity index is 2070. The van der Waals surface area contributed by atoms with Crippen molar-refractivity contribution in [3.63, 3.8) is 0 Å². The normalized spacial score (nSPS) is 11.6. The Kier molecular flexibility index (Phi) is 10.0. The third-order valence-electron chi connectivity index (χ3n) is 6.93. The van der Waals surface area contributed by atoms with Gasteiger partial charge in [0.15, 0.2) is 11.0 Å². The van der Waals surface area contributed by atoms with Crippen LogP contribution in [-0.2, 0) is 19.1 Å². The van der Waals surface area contributed by atoms with Crippen molar-refractivity contribution in [3.05, 3.63) is 60.8 Å². The summed E-state index contributed by atoms with van der Waals surface area (Å²) in [7, 11) is 2.21. The number of H-pyrrole nitrogens is 2. The Morgan fingerprint density at radius 2 is 1.43 bits per heavy atom. The highest BCUT2D eigenvalue weighted by molar-refractivity contribution is 7.65. The van der Waals surface area contributed by atoms with E-state index in [1.54, 1.807) is 28.9 Å². The van der Waals surface area contributed by atoms with Gasteiger partial charge in [0.2, 0.25) is 0 Å². The molecule has 2 aromatic carbocycles. The first-order valence-corrected chi connectivity index (χ1v) is 17.8. The van der Waals surface area contributed by atoms with Gasteiger partial charge in [-0.05, 0) is 41.0 Å². The molecule has 0 aliphatic heterocycles. The van der Waals surface area contributed by atoms with E-state index in [2.05, 4.69) is 76.4 Å². The highest BCUT2D eigenvalue weighted by Crippen LogP contribution is 2.41. The number of benzene rings is 2. The number of alkyl carbamates (subject to hydrolysis) is 2. The average Bonchev–Trinajstić information content (AvgIpc) is 3.86. The maximum Gasteiger partial charge on any atom is 0.407 e. The molecule has 2 amide bonds. The van der Waals surface area contributed by atoms with Crippen LogP contribution in [0.5, 0.6) is 0 Å². The molecule has 4 aromatic heterocycles. The number of nitrogens with zero attached hydrogens (tertiary/aromatic N) is 2. The maximum atomic E-state index is 12.3. The van der Waals surface area contributed by atoms with Gasteiger partial charge < -0.3 is 30.1 Å². The lowest BCUT2D eigenvalue weighted by molar-refractivity contribution is -0.111. The fourth-order valence-corrected chi connectivity index (χ4v) is 8.66. The van der Waals surface area contributed by atoms with Crippen LogP contribution in [0.15, 0.2) is 60.8 Å². The summed E-state index contributed by atoms with van der Waals surface area (Å²) in [5.41, 5.74) is 6.71. The predicted molar refractivity (Wildman–Crippen MR) is 189 cm³/mol. The molecule has 0 saturated carbocycles. The second kappa shape index (κ2) is 14.5. The Hall–Kier alpha value is -4.48. The number of amides is 2. The van der Waals surface area contributed by atoms with Gasteiger partial charge in [0, 0.05) is 44.4 Å². The molecule has 16 heteroatoms. The van der Waals surface area contributed by atoms with E-state index >= 15 is 0 Å². The first-order valence-electron chi connectivity index (χ1n) is 14.2. The molecule has 2 atom stereocenters. The molecular weight excluding hydrogens is 678 g/mol. The number of imidazole rings is 2. The number of fused-ring (bicyclic) bond motifs is 2. The van der Waals surface area contributed by atoms with Crippen LogP contribution in [0.25, 0.3) is 52.6 Å². The van der Waals surface area contributed by atoms with Gasteiger partial charge in [-0.25, -0.2) is 19.6 Å². The summed E-state index contributed by atoms with van der Waals surface area (Å²) in [5, 5.41) is 4.90. The fourth-order valence-electron chi connectivity index (χ4n) is 4.64. The summed E-state index contributed by atoms with van der Waals surface area (Å²) >= 11 is 3.39. The molecule has 0 radical (unpaired) electrons. The molecule has 4 heterocycles. The van der Waals surface area contributed by atoms with Crippen LogP contribution >= 0.6 is 39.8 Å². The van der Waals surface area contributed by atoms with Crippen molar-refractivity contribution >= 4 is 94.6 Å². The third kappa shape index (κ3) is 7.91. The van der Waals surface area contributed by atoms with Crippen LogP contribution in [0.3, 0.4) is 0 Å². The van der Waals surface area contributed by atoms with E-state index in [1.165, 1.54) is 28.5 Å². The van der Waals surface area contributed by atoms with E-state index in [0.717, 1.165) is 38.3 Å². The molecule has 47 heavy (non-hydrogen) atoms.